The monoisotopic (exact) mass is 496 g/mol. The lowest BCUT2D eigenvalue weighted by Crippen LogP contribution is -2.33. The zero-order valence-electron chi connectivity index (χ0n) is 19.3. The van der Waals surface area contributed by atoms with Crippen molar-refractivity contribution in [2.45, 2.75) is 19.5 Å². The molecule has 1 aromatic carbocycles. The number of nitrogens with zero attached hydrogens (tertiary/aromatic N) is 5. The number of rotatable bonds is 6. The summed E-state index contributed by atoms with van der Waals surface area (Å²) in [5.41, 5.74) is 4.73. The van der Waals surface area contributed by atoms with Crippen LogP contribution in [0.3, 0.4) is 0 Å². The fourth-order valence-corrected chi connectivity index (χ4v) is 4.27. The number of carbonyl (C=O) groups is 1. The van der Waals surface area contributed by atoms with Crippen LogP contribution < -0.4 is 10.6 Å². The summed E-state index contributed by atoms with van der Waals surface area (Å²) in [7, 11) is 0. The molecular weight excluding hydrogens is 473 g/mol. The van der Waals surface area contributed by atoms with Crippen molar-refractivity contribution >= 4 is 34.3 Å². The number of nitrogens with one attached hydrogen (secondary N) is 3. The molecular formula is C24H23F3N8O. The minimum absolute atomic E-state index is 0.0129. The predicted octanol–water partition coefficient (Wildman–Crippen LogP) is 4.29. The summed E-state index contributed by atoms with van der Waals surface area (Å²) in [6.45, 7) is 1.90. The second-order valence-electron chi connectivity index (χ2n) is 8.69. The maximum atomic E-state index is 12.9. The van der Waals surface area contributed by atoms with Gasteiger partial charge in [0, 0.05) is 29.7 Å². The number of aromatic nitrogens is 5. The molecule has 9 nitrogen and oxygen atoms in total. The first-order valence-corrected chi connectivity index (χ1v) is 11.3. The number of aryl methyl sites for hydroxylation is 1. The summed E-state index contributed by atoms with van der Waals surface area (Å²) < 4.78 is 38.8. The van der Waals surface area contributed by atoms with Gasteiger partial charge >= 0.3 is 6.18 Å². The molecule has 3 N–H and O–H groups in total. The molecule has 1 aliphatic rings. The first-order chi connectivity index (χ1) is 17.3. The highest BCUT2D eigenvalue weighted by molar-refractivity contribution is 5.94. The second-order valence-corrected chi connectivity index (χ2v) is 8.69. The number of anilines is 3. The molecule has 4 heterocycles. The Morgan fingerprint density at radius 1 is 1.19 bits per heavy atom. The number of imidazole rings is 1. The van der Waals surface area contributed by atoms with Crippen LogP contribution >= 0.6 is 0 Å². The van der Waals surface area contributed by atoms with Crippen LogP contribution in [0.15, 0.2) is 49.2 Å². The highest BCUT2D eigenvalue weighted by atomic mass is 19.4. The van der Waals surface area contributed by atoms with Crippen LogP contribution in [0.5, 0.6) is 0 Å². The van der Waals surface area contributed by atoms with E-state index < -0.39 is 12.1 Å². The molecule has 1 atom stereocenters. The van der Waals surface area contributed by atoms with E-state index in [-0.39, 0.29) is 32.0 Å². The van der Waals surface area contributed by atoms with Gasteiger partial charge in [0.25, 0.3) is 0 Å². The standard InChI is InChI=1S/C24H23F3N8O/c1-14-4-5-16(33-19(36)11-35-8-6-15(10-35)24(25,26)27)9-18(14)34-22-17(3-2-7-28-22)20-21-23(31-12-29-20)32-13-30-21/h2-5,7,9,12-13,15H,6,8,10-11H2,1H3,(H,28,34)(H,33,36)(H,29,30,31,32). The molecule has 1 amide bonds. The minimum Gasteiger partial charge on any atom is -0.341 e. The Bertz CT molecular complexity index is 1400. The molecule has 0 spiro atoms. The number of hydrogen-bond acceptors (Lipinski definition) is 7. The molecule has 186 valence electrons. The van der Waals surface area contributed by atoms with Crippen LogP contribution in [0.4, 0.5) is 30.4 Å². The van der Waals surface area contributed by atoms with Gasteiger partial charge < -0.3 is 15.6 Å². The number of fused-ring (bicyclic) bond motifs is 1. The molecule has 1 fully saturated rings. The van der Waals surface area contributed by atoms with Gasteiger partial charge in [-0.1, -0.05) is 6.07 Å². The average molecular weight is 496 g/mol. The summed E-state index contributed by atoms with van der Waals surface area (Å²) in [4.78, 5) is 34.3. The fourth-order valence-electron chi connectivity index (χ4n) is 4.27. The molecule has 36 heavy (non-hydrogen) atoms. The Balaban J connectivity index is 1.32. The molecule has 0 radical (unpaired) electrons. The lowest BCUT2D eigenvalue weighted by atomic mass is 10.1. The molecule has 0 bridgehead atoms. The lowest BCUT2D eigenvalue weighted by Gasteiger charge is -2.18. The van der Waals surface area contributed by atoms with Gasteiger partial charge in [-0.15, -0.1) is 0 Å². The Morgan fingerprint density at radius 2 is 2.06 bits per heavy atom. The summed E-state index contributed by atoms with van der Waals surface area (Å²) in [5, 5.41) is 6.10. The van der Waals surface area contributed by atoms with E-state index in [1.807, 2.05) is 19.1 Å². The molecule has 5 rings (SSSR count). The van der Waals surface area contributed by atoms with Crippen molar-refractivity contribution in [3.63, 3.8) is 0 Å². The molecule has 12 heteroatoms. The minimum atomic E-state index is -4.23. The smallest absolute Gasteiger partial charge is 0.341 e. The highest BCUT2D eigenvalue weighted by Crippen LogP contribution is 2.34. The first-order valence-electron chi connectivity index (χ1n) is 11.3. The van der Waals surface area contributed by atoms with Crippen molar-refractivity contribution in [1.29, 1.82) is 0 Å². The Labute approximate surface area is 204 Å². The third-order valence-corrected chi connectivity index (χ3v) is 6.16. The number of amides is 1. The predicted molar refractivity (Wildman–Crippen MR) is 129 cm³/mol. The number of alkyl halides is 3. The van der Waals surface area contributed by atoms with E-state index in [0.717, 1.165) is 11.1 Å². The largest absolute Gasteiger partial charge is 0.393 e. The molecule has 1 unspecified atom stereocenters. The van der Waals surface area contributed by atoms with Gasteiger partial charge in [0.1, 0.15) is 23.4 Å². The van der Waals surface area contributed by atoms with Crippen molar-refractivity contribution in [3.05, 3.63) is 54.7 Å². The van der Waals surface area contributed by atoms with E-state index in [4.69, 9.17) is 0 Å². The third kappa shape index (κ3) is 4.98. The van der Waals surface area contributed by atoms with Crippen LogP contribution in [-0.2, 0) is 4.79 Å². The lowest BCUT2D eigenvalue weighted by molar-refractivity contribution is -0.170. The number of aromatic amines is 1. The number of carbonyl (C=O) groups excluding carboxylic acids is 1. The second kappa shape index (κ2) is 9.53. The first kappa shape index (κ1) is 23.7. The van der Waals surface area contributed by atoms with Gasteiger partial charge in [-0.05, 0) is 49.7 Å². The van der Waals surface area contributed by atoms with E-state index in [1.165, 1.54) is 11.2 Å². The van der Waals surface area contributed by atoms with E-state index in [1.54, 1.807) is 30.7 Å². The molecule has 1 aliphatic heterocycles. The van der Waals surface area contributed by atoms with Gasteiger partial charge in [0.2, 0.25) is 5.91 Å². The van der Waals surface area contributed by atoms with Crippen molar-refractivity contribution < 1.29 is 18.0 Å². The fraction of sp³-hybridized carbons (Fsp3) is 0.292. The van der Waals surface area contributed by atoms with Crippen molar-refractivity contribution in [2.75, 3.05) is 30.3 Å². The number of pyridine rings is 1. The topological polar surface area (TPSA) is 112 Å². The Hall–Kier alpha value is -4.06. The SMILES string of the molecule is Cc1ccc(NC(=O)CN2CCC(C(F)(F)F)C2)cc1Nc1ncccc1-c1ncnc2nc[nH]c12. The van der Waals surface area contributed by atoms with E-state index in [9.17, 15) is 18.0 Å². The molecule has 1 saturated heterocycles. The highest BCUT2D eigenvalue weighted by Gasteiger charge is 2.43. The van der Waals surface area contributed by atoms with Gasteiger partial charge in [0.05, 0.1) is 18.8 Å². The number of hydrogen-bond donors (Lipinski definition) is 3. The quantitative estimate of drug-likeness (QED) is 0.365. The van der Waals surface area contributed by atoms with Crippen molar-refractivity contribution in [1.82, 2.24) is 29.8 Å². The Kier molecular flexibility index (Phi) is 6.27. The zero-order valence-corrected chi connectivity index (χ0v) is 19.3. The van der Waals surface area contributed by atoms with Crippen LogP contribution in [0.25, 0.3) is 22.4 Å². The summed E-state index contributed by atoms with van der Waals surface area (Å²) in [6, 6.07) is 9.03. The number of benzene rings is 1. The van der Waals surface area contributed by atoms with Crippen molar-refractivity contribution in [2.24, 2.45) is 5.92 Å². The Morgan fingerprint density at radius 3 is 2.86 bits per heavy atom. The molecule has 0 saturated carbocycles. The maximum Gasteiger partial charge on any atom is 0.393 e. The van der Waals surface area contributed by atoms with E-state index >= 15 is 0 Å². The normalized spacial score (nSPS) is 16.4. The van der Waals surface area contributed by atoms with E-state index in [2.05, 4.69) is 35.6 Å². The maximum absolute atomic E-state index is 12.9. The van der Waals surface area contributed by atoms with Crippen molar-refractivity contribution in [3.8, 4) is 11.3 Å². The summed E-state index contributed by atoms with van der Waals surface area (Å²) in [5.74, 6) is -1.20. The molecule has 0 aliphatic carbocycles. The summed E-state index contributed by atoms with van der Waals surface area (Å²) in [6.07, 6.45) is 0.422. The van der Waals surface area contributed by atoms with Gasteiger partial charge in [-0.3, -0.25) is 9.69 Å². The number of H-pyrrole nitrogens is 1. The van der Waals surface area contributed by atoms with Gasteiger partial charge in [-0.25, -0.2) is 19.9 Å². The van der Waals surface area contributed by atoms with E-state index in [0.29, 0.717) is 34.1 Å². The van der Waals surface area contributed by atoms with Gasteiger partial charge in [-0.2, -0.15) is 13.2 Å². The van der Waals surface area contributed by atoms with Crippen LogP contribution in [-0.4, -0.2) is 61.5 Å². The average Bonchev–Trinajstić information content (AvgIpc) is 3.51. The van der Waals surface area contributed by atoms with Crippen LogP contribution in [0.2, 0.25) is 0 Å². The van der Waals surface area contributed by atoms with Gasteiger partial charge in [0.15, 0.2) is 5.65 Å². The van der Waals surface area contributed by atoms with Crippen LogP contribution in [0, 0.1) is 12.8 Å². The molecule has 4 aromatic rings. The van der Waals surface area contributed by atoms with Crippen LogP contribution in [0.1, 0.15) is 12.0 Å². The molecule has 3 aromatic heterocycles. The number of likely N-dealkylation sites (tertiary alicyclic amines) is 1. The number of halogens is 3. The summed E-state index contributed by atoms with van der Waals surface area (Å²) >= 11 is 0. The third-order valence-electron chi connectivity index (χ3n) is 6.16. The zero-order chi connectivity index (χ0) is 25.3.